The molecule has 0 aliphatic heterocycles. The van der Waals surface area contributed by atoms with E-state index < -0.39 is 11.8 Å². The molecule has 1 saturated carbocycles. The van der Waals surface area contributed by atoms with Crippen LogP contribution in [-0.4, -0.2) is 24.4 Å². The van der Waals surface area contributed by atoms with Gasteiger partial charge in [0.1, 0.15) is 0 Å². The summed E-state index contributed by atoms with van der Waals surface area (Å²) >= 11 is 0. The Labute approximate surface area is 135 Å². The Morgan fingerprint density at radius 2 is 1.27 bits per heavy atom. The van der Waals surface area contributed by atoms with Crippen LogP contribution in [0.15, 0.2) is 0 Å². The first kappa shape index (κ1) is 19.0. The highest BCUT2D eigenvalue weighted by Crippen LogP contribution is 2.16. The van der Waals surface area contributed by atoms with Gasteiger partial charge in [0.25, 0.3) is 0 Å². The predicted octanol–water partition coefficient (Wildman–Crippen LogP) is 3.55. The van der Waals surface area contributed by atoms with Crippen LogP contribution in [0.25, 0.3) is 0 Å². The number of hydrogen-bond acceptors (Lipinski definition) is 2. The Bertz CT molecular complexity index is 317. The van der Waals surface area contributed by atoms with Gasteiger partial charge >= 0.3 is 11.8 Å². The maximum atomic E-state index is 12.0. The molecule has 0 spiro atoms. The Kier molecular flexibility index (Phi) is 9.93. The van der Waals surface area contributed by atoms with Crippen LogP contribution >= 0.6 is 0 Å². The largest absolute Gasteiger partial charge is 0.348 e. The summed E-state index contributed by atoms with van der Waals surface area (Å²) in [5, 5.41) is 5.63. The Hall–Kier alpha value is -1.06. The maximum Gasteiger partial charge on any atom is 0.309 e. The van der Waals surface area contributed by atoms with Crippen molar-refractivity contribution in [2.75, 3.05) is 6.54 Å². The molecule has 0 aromatic rings. The number of rotatable bonds is 3. The lowest BCUT2D eigenvalue weighted by Gasteiger charge is -2.19. The Morgan fingerprint density at radius 1 is 0.818 bits per heavy atom. The summed E-state index contributed by atoms with van der Waals surface area (Å²) in [6, 6.07) is 0.164. The van der Waals surface area contributed by atoms with Crippen LogP contribution in [0.4, 0.5) is 0 Å². The first-order valence-corrected chi connectivity index (χ1v) is 9.18. The molecule has 128 valence electrons. The second-order valence-electron chi connectivity index (χ2n) is 7.03. The van der Waals surface area contributed by atoms with Gasteiger partial charge in [-0.1, -0.05) is 71.6 Å². The summed E-state index contributed by atoms with van der Waals surface area (Å²) < 4.78 is 0. The number of nitrogens with one attached hydrogen (secondary N) is 2. The number of carbonyl (C=O) groups excluding carboxylic acids is 2. The molecule has 22 heavy (non-hydrogen) atoms. The molecule has 4 nitrogen and oxygen atoms in total. The lowest BCUT2D eigenvalue weighted by molar-refractivity contribution is -0.139. The third-order valence-electron chi connectivity index (χ3n) is 4.32. The fraction of sp³-hybridized carbons (Fsp3) is 0.889. The lowest BCUT2D eigenvalue weighted by Crippen LogP contribution is -2.45. The highest BCUT2D eigenvalue weighted by Gasteiger charge is 2.18. The number of hydrogen-bond donors (Lipinski definition) is 2. The van der Waals surface area contributed by atoms with Crippen LogP contribution in [0.3, 0.4) is 0 Å². The Balaban J connectivity index is 2.37. The van der Waals surface area contributed by atoms with Gasteiger partial charge in [0, 0.05) is 12.6 Å². The van der Waals surface area contributed by atoms with Gasteiger partial charge in [-0.25, -0.2) is 0 Å². The average molecular weight is 310 g/mol. The molecule has 4 heteroatoms. The van der Waals surface area contributed by atoms with E-state index in [1.165, 1.54) is 44.9 Å². The first-order valence-electron chi connectivity index (χ1n) is 9.18. The summed E-state index contributed by atoms with van der Waals surface area (Å²) in [6.07, 6.45) is 13.5. The fourth-order valence-corrected chi connectivity index (χ4v) is 2.94. The maximum absolute atomic E-state index is 12.0. The van der Waals surface area contributed by atoms with E-state index >= 15 is 0 Å². The quantitative estimate of drug-likeness (QED) is 0.783. The molecule has 1 aliphatic rings. The summed E-state index contributed by atoms with van der Waals surface area (Å²) in [6.45, 7) is 4.59. The standard InChI is InChI=1S/C18H34N2O2/c1-15(2)14-19-17(21)18(22)20-16-12-10-8-6-4-3-5-7-9-11-13-16/h15-16H,3-14H2,1-2H3,(H,19,21)(H,20,22). The van der Waals surface area contributed by atoms with Gasteiger partial charge in [0.2, 0.25) is 0 Å². The van der Waals surface area contributed by atoms with Gasteiger partial charge in [0.15, 0.2) is 0 Å². The third-order valence-corrected chi connectivity index (χ3v) is 4.32. The molecule has 0 radical (unpaired) electrons. The predicted molar refractivity (Wildman–Crippen MR) is 90.6 cm³/mol. The second kappa shape index (κ2) is 11.5. The minimum atomic E-state index is -0.486. The van der Waals surface area contributed by atoms with E-state index in [2.05, 4.69) is 10.6 Å². The number of amides is 2. The minimum absolute atomic E-state index is 0.164. The average Bonchev–Trinajstić information content (AvgIpc) is 2.47. The van der Waals surface area contributed by atoms with Crippen molar-refractivity contribution in [2.45, 2.75) is 90.5 Å². The van der Waals surface area contributed by atoms with E-state index in [9.17, 15) is 9.59 Å². The van der Waals surface area contributed by atoms with Crippen molar-refractivity contribution in [3.8, 4) is 0 Å². The van der Waals surface area contributed by atoms with E-state index in [4.69, 9.17) is 0 Å². The normalized spacial score (nSPS) is 19.0. The minimum Gasteiger partial charge on any atom is -0.348 e. The zero-order valence-corrected chi connectivity index (χ0v) is 14.5. The molecule has 1 rings (SSSR count). The molecule has 2 amide bonds. The molecule has 0 unspecified atom stereocenters. The monoisotopic (exact) mass is 310 g/mol. The molecular weight excluding hydrogens is 276 g/mol. The van der Waals surface area contributed by atoms with E-state index in [1.807, 2.05) is 13.8 Å². The zero-order chi connectivity index (χ0) is 16.2. The van der Waals surface area contributed by atoms with Gasteiger partial charge in [0.05, 0.1) is 0 Å². The smallest absolute Gasteiger partial charge is 0.309 e. The molecule has 0 aromatic carbocycles. The summed E-state index contributed by atoms with van der Waals surface area (Å²) in [7, 11) is 0. The van der Waals surface area contributed by atoms with E-state index in [0.29, 0.717) is 12.5 Å². The zero-order valence-electron chi connectivity index (χ0n) is 14.5. The van der Waals surface area contributed by atoms with Gasteiger partial charge in [-0.15, -0.1) is 0 Å². The van der Waals surface area contributed by atoms with Crippen LogP contribution in [0, 0.1) is 5.92 Å². The van der Waals surface area contributed by atoms with Crippen molar-refractivity contribution in [1.29, 1.82) is 0 Å². The highest BCUT2D eigenvalue weighted by atomic mass is 16.2. The van der Waals surface area contributed by atoms with Crippen LogP contribution in [0.1, 0.15) is 84.5 Å². The van der Waals surface area contributed by atoms with Crippen LogP contribution in [-0.2, 0) is 9.59 Å². The summed E-state index contributed by atoms with van der Waals surface area (Å²) in [5.41, 5.74) is 0. The highest BCUT2D eigenvalue weighted by molar-refractivity contribution is 6.35. The van der Waals surface area contributed by atoms with E-state index in [-0.39, 0.29) is 6.04 Å². The molecule has 0 atom stereocenters. The van der Waals surface area contributed by atoms with Crippen molar-refractivity contribution < 1.29 is 9.59 Å². The molecule has 1 fully saturated rings. The fourth-order valence-electron chi connectivity index (χ4n) is 2.94. The molecule has 0 saturated heterocycles. The lowest BCUT2D eigenvalue weighted by atomic mass is 9.98. The van der Waals surface area contributed by atoms with Crippen molar-refractivity contribution >= 4 is 11.8 Å². The van der Waals surface area contributed by atoms with Crippen molar-refractivity contribution in [2.24, 2.45) is 5.92 Å². The van der Waals surface area contributed by atoms with Crippen LogP contribution in [0.5, 0.6) is 0 Å². The molecule has 2 N–H and O–H groups in total. The summed E-state index contributed by atoms with van der Waals surface area (Å²) in [4.78, 5) is 23.8. The van der Waals surface area contributed by atoms with Gasteiger partial charge in [-0.3, -0.25) is 9.59 Å². The topological polar surface area (TPSA) is 58.2 Å². The van der Waals surface area contributed by atoms with Crippen molar-refractivity contribution in [1.82, 2.24) is 10.6 Å². The van der Waals surface area contributed by atoms with Gasteiger partial charge in [-0.2, -0.15) is 0 Å². The molecule has 0 bridgehead atoms. The van der Waals surface area contributed by atoms with Crippen LogP contribution in [0.2, 0.25) is 0 Å². The van der Waals surface area contributed by atoms with Crippen molar-refractivity contribution in [3.05, 3.63) is 0 Å². The second-order valence-corrected chi connectivity index (χ2v) is 7.03. The van der Waals surface area contributed by atoms with Crippen molar-refractivity contribution in [3.63, 3.8) is 0 Å². The van der Waals surface area contributed by atoms with E-state index in [1.54, 1.807) is 0 Å². The van der Waals surface area contributed by atoms with Gasteiger partial charge in [-0.05, 0) is 18.8 Å². The van der Waals surface area contributed by atoms with Crippen LogP contribution < -0.4 is 10.6 Å². The molecular formula is C18H34N2O2. The third kappa shape index (κ3) is 9.06. The molecule has 1 aliphatic carbocycles. The molecule has 0 heterocycles. The Morgan fingerprint density at radius 3 is 1.73 bits per heavy atom. The van der Waals surface area contributed by atoms with Gasteiger partial charge < -0.3 is 10.6 Å². The molecule has 0 aromatic heterocycles. The first-order chi connectivity index (χ1) is 10.6. The SMILES string of the molecule is CC(C)CNC(=O)C(=O)NC1CCCCCCCCCCC1. The summed E-state index contributed by atoms with van der Waals surface area (Å²) in [5.74, 6) is -0.587. The number of carbonyl (C=O) groups is 2. The van der Waals surface area contributed by atoms with E-state index in [0.717, 1.165) is 25.7 Å².